The van der Waals surface area contributed by atoms with Gasteiger partial charge < -0.3 is 5.73 Å². The molecule has 0 bridgehead atoms. The van der Waals surface area contributed by atoms with E-state index in [1.54, 1.807) is 29.2 Å². The zero-order valence-electron chi connectivity index (χ0n) is 7.94. The molecule has 0 saturated carbocycles. The molecule has 0 atom stereocenters. The summed E-state index contributed by atoms with van der Waals surface area (Å²) in [5.41, 5.74) is 7.77. The van der Waals surface area contributed by atoms with E-state index in [2.05, 4.69) is 17.5 Å². The Balaban J connectivity index is 2.05. The number of rotatable bonds is 3. The predicted octanol–water partition coefficient (Wildman–Crippen LogP) is 4.28. The van der Waals surface area contributed by atoms with Gasteiger partial charge in [-0.2, -0.15) is 0 Å². The van der Waals surface area contributed by atoms with E-state index in [9.17, 15) is 0 Å². The standard InChI is InChI=1S/C11H10ClNS2/c12-9-4-3-8(10(13)6-9)7-15-11-2-1-5-14-11/h1-6H,7,13H2. The monoisotopic (exact) mass is 255 g/mol. The number of halogens is 1. The molecular formula is C11H10ClNS2. The lowest BCUT2D eigenvalue weighted by molar-refractivity contribution is 1.41. The average Bonchev–Trinajstić information content (AvgIpc) is 2.69. The number of benzene rings is 1. The molecule has 0 aliphatic rings. The molecule has 4 heteroatoms. The van der Waals surface area contributed by atoms with Gasteiger partial charge in [0.25, 0.3) is 0 Å². The van der Waals surface area contributed by atoms with Crippen LogP contribution in [0.3, 0.4) is 0 Å². The quantitative estimate of drug-likeness (QED) is 0.655. The highest BCUT2D eigenvalue weighted by Crippen LogP contribution is 2.29. The Hall–Kier alpha value is -0.640. The number of nitrogens with two attached hydrogens (primary N) is 1. The molecule has 1 heterocycles. The molecule has 0 aliphatic carbocycles. The molecular weight excluding hydrogens is 246 g/mol. The summed E-state index contributed by atoms with van der Waals surface area (Å²) in [5, 5.41) is 2.77. The molecule has 0 amide bonds. The van der Waals surface area contributed by atoms with E-state index < -0.39 is 0 Å². The first-order chi connectivity index (χ1) is 7.25. The Morgan fingerprint density at radius 1 is 1.33 bits per heavy atom. The first-order valence-corrected chi connectivity index (χ1v) is 6.70. The van der Waals surface area contributed by atoms with E-state index in [4.69, 9.17) is 17.3 Å². The second-order valence-corrected chi connectivity index (χ2v) is 5.72. The molecule has 2 N–H and O–H groups in total. The number of nitrogen functional groups attached to an aromatic ring is 1. The SMILES string of the molecule is Nc1cc(Cl)ccc1CSc1cccs1. The van der Waals surface area contributed by atoms with Gasteiger partial charge in [0.15, 0.2) is 0 Å². The molecule has 15 heavy (non-hydrogen) atoms. The lowest BCUT2D eigenvalue weighted by atomic mass is 10.2. The van der Waals surface area contributed by atoms with Crippen LogP contribution < -0.4 is 5.73 Å². The molecule has 0 spiro atoms. The Kier molecular flexibility index (Phi) is 3.57. The molecule has 78 valence electrons. The van der Waals surface area contributed by atoms with Gasteiger partial charge in [-0.3, -0.25) is 0 Å². The summed E-state index contributed by atoms with van der Waals surface area (Å²) in [6, 6.07) is 9.83. The topological polar surface area (TPSA) is 26.0 Å². The second-order valence-electron chi connectivity index (χ2n) is 3.06. The van der Waals surface area contributed by atoms with Crippen LogP contribution in [0, 0.1) is 0 Å². The molecule has 1 aromatic heterocycles. The van der Waals surface area contributed by atoms with E-state index in [0.717, 1.165) is 17.0 Å². The molecule has 0 fully saturated rings. The van der Waals surface area contributed by atoms with E-state index in [0.29, 0.717) is 5.02 Å². The van der Waals surface area contributed by atoms with Gasteiger partial charge in [-0.1, -0.05) is 23.7 Å². The second kappa shape index (κ2) is 4.92. The normalized spacial score (nSPS) is 10.5. The summed E-state index contributed by atoms with van der Waals surface area (Å²) in [6.07, 6.45) is 0. The highest BCUT2D eigenvalue weighted by Gasteiger charge is 2.01. The van der Waals surface area contributed by atoms with Crippen LogP contribution in [-0.4, -0.2) is 0 Å². The van der Waals surface area contributed by atoms with Crippen LogP contribution in [0.5, 0.6) is 0 Å². The van der Waals surface area contributed by atoms with Crippen molar-refractivity contribution in [2.24, 2.45) is 0 Å². The molecule has 0 saturated heterocycles. The number of thiophene rings is 1. The largest absolute Gasteiger partial charge is 0.398 e. The highest BCUT2D eigenvalue weighted by atomic mass is 35.5. The lowest BCUT2D eigenvalue weighted by Crippen LogP contribution is -1.91. The van der Waals surface area contributed by atoms with Gasteiger partial charge in [-0.05, 0) is 29.1 Å². The van der Waals surface area contributed by atoms with Crippen molar-refractivity contribution in [1.29, 1.82) is 0 Å². The summed E-state index contributed by atoms with van der Waals surface area (Å²) in [4.78, 5) is 0. The first-order valence-electron chi connectivity index (χ1n) is 4.46. The van der Waals surface area contributed by atoms with Crippen molar-refractivity contribution in [2.75, 3.05) is 5.73 Å². The molecule has 1 nitrogen and oxygen atoms in total. The van der Waals surface area contributed by atoms with Crippen LogP contribution in [0.4, 0.5) is 5.69 Å². The average molecular weight is 256 g/mol. The fourth-order valence-corrected chi connectivity index (χ4v) is 3.17. The van der Waals surface area contributed by atoms with Gasteiger partial charge in [0.1, 0.15) is 0 Å². The third-order valence-electron chi connectivity index (χ3n) is 1.97. The Morgan fingerprint density at radius 2 is 2.20 bits per heavy atom. The third-order valence-corrected chi connectivity index (χ3v) is 4.39. The van der Waals surface area contributed by atoms with E-state index in [1.165, 1.54) is 4.21 Å². The highest BCUT2D eigenvalue weighted by molar-refractivity contribution is 8.00. The zero-order chi connectivity index (χ0) is 10.7. The molecule has 2 rings (SSSR count). The van der Waals surface area contributed by atoms with Crippen molar-refractivity contribution in [3.63, 3.8) is 0 Å². The number of hydrogen-bond donors (Lipinski definition) is 1. The number of hydrogen-bond acceptors (Lipinski definition) is 3. The zero-order valence-corrected chi connectivity index (χ0v) is 10.3. The van der Waals surface area contributed by atoms with Crippen LogP contribution in [0.25, 0.3) is 0 Å². The molecule has 0 unspecified atom stereocenters. The van der Waals surface area contributed by atoms with Gasteiger partial charge in [0, 0.05) is 16.5 Å². The van der Waals surface area contributed by atoms with Gasteiger partial charge in [0.2, 0.25) is 0 Å². The van der Waals surface area contributed by atoms with Crippen molar-refractivity contribution >= 4 is 40.4 Å². The minimum atomic E-state index is 0.692. The number of thioether (sulfide) groups is 1. The smallest absolute Gasteiger partial charge is 0.0601 e. The van der Waals surface area contributed by atoms with Crippen LogP contribution in [0.15, 0.2) is 39.9 Å². The van der Waals surface area contributed by atoms with Gasteiger partial charge >= 0.3 is 0 Å². The van der Waals surface area contributed by atoms with Gasteiger partial charge in [-0.15, -0.1) is 23.1 Å². The summed E-state index contributed by atoms with van der Waals surface area (Å²) < 4.78 is 1.31. The lowest BCUT2D eigenvalue weighted by Gasteiger charge is -2.04. The third kappa shape index (κ3) is 2.91. The van der Waals surface area contributed by atoms with Crippen molar-refractivity contribution in [3.05, 3.63) is 46.3 Å². The minimum absolute atomic E-state index is 0.692. The Morgan fingerprint density at radius 3 is 2.87 bits per heavy atom. The maximum Gasteiger partial charge on any atom is 0.0601 e. The fourth-order valence-electron chi connectivity index (χ4n) is 1.19. The van der Waals surface area contributed by atoms with Crippen LogP contribution in [-0.2, 0) is 5.75 Å². The summed E-state index contributed by atoms with van der Waals surface area (Å²) in [5.74, 6) is 0.892. The van der Waals surface area contributed by atoms with Crippen molar-refractivity contribution in [2.45, 2.75) is 9.96 Å². The van der Waals surface area contributed by atoms with E-state index in [1.807, 2.05) is 12.1 Å². The summed E-state index contributed by atoms with van der Waals surface area (Å²) in [6.45, 7) is 0. The van der Waals surface area contributed by atoms with Crippen LogP contribution >= 0.6 is 34.7 Å². The van der Waals surface area contributed by atoms with Gasteiger partial charge in [0.05, 0.1) is 4.21 Å². The van der Waals surface area contributed by atoms with E-state index in [-0.39, 0.29) is 0 Å². The molecule has 0 aliphatic heterocycles. The molecule has 1 aromatic carbocycles. The first kappa shape index (κ1) is 10.9. The van der Waals surface area contributed by atoms with Crippen molar-refractivity contribution in [1.82, 2.24) is 0 Å². The van der Waals surface area contributed by atoms with Crippen LogP contribution in [0.2, 0.25) is 5.02 Å². The fraction of sp³-hybridized carbons (Fsp3) is 0.0909. The Labute approximate surface area is 102 Å². The van der Waals surface area contributed by atoms with E-state index >= 15 is 0 Å². The van der Waals surface area contributed by atoms with Crippen LogP contribution in [0.1, 0.15) is 5.56 Å². The molecule has 2 aromatic rings. The summed E-state index contributed by atoms with van der Waals surface area (Å²) >= 11 is 9.37. The maximum absolute atomic E-state index is 5.87. The molecule has 0 radical (unpaired) electrons. The minimum Gasteiger partial charge on any atom is -0.398 e. The predicted molar refractivity (Wildman–Crippen MR) is 69.7 cm³/mol. The van der Waals surface area contributed by atoms with Crippen molar-refractivity contribution in [3.8, 4) is 0 Å². The summed E-state index contributed by atoms with van der Waals surface area (Å²) in [7, 11) is 0. The maximum atomic E-state index is 5.87. The van der Waals surface area contributed by atoms with Crippen molar-refractivity contribution < 1.29 is 0 Å². The number of anilines is 1. The van der Waals surface area contributed by atoms with Gasteiger partial charge in [-0.25, -0.2) is 0 Å². The Bertz CT molecular complexity index is 440.